The highest BCUT2D eigenvalue weighted by Crippen LogP contribution is 2.47. The van der Waals surface area contributed by atoms with Crippen molar-refractivity contribution < 1.29 is 19.4 Å². The van der Waals surface area contributed by atoms with Gasteiger partial charge in [-0.25, -0.2) is 4.79 Å². The maximum atomic E-state index is 12.2. The molecule has 2 atom stereocenters. The first kappa shape index (κ1) is 20.4. The third-order valence-electron chi connectivity index (χ3n) is 3.49. The SMILES string of the molecule is CCCCC/C=C(\CP(=O)(O)C(N)CCCCC)C(=O)O. The van der Waals surface area contributed by atoms with E-state index in [1.807, 2.05) is 6.92 Å². The molecule has 0 radical (unpaired) electrons. The predicted octanol–water partition coefficient (Wildman–Crippen LogP) is 3.71. The summed E-state index contributed by atoms with van der Waals surface area (Å²) in [4.78, 5) is 21.2. The summed E-state index contributed by atoms with van der Waals surface area (Å²) in [6.07, 6.45) is 8.07. The van der Waals surface area contributed by atoms with Crippen molar-refractivity contribution in [3.05, 3.63) is 11.6 Å². The predicted molar refractivity (Wildman–Crippen MR) is 86.7 cm³/mol. The van der Waals surface area contributed by atoms with Crippen LogP contribution in [0, 0.1) is 0 Å². The van der Waals surface area contributed by atoms with E-state index >= 15 is 0 Å². The Kier molecular flexibility index (Phi) is 10.7. The molecule has 0 rings (SSSR count). The number of allylic oxidation sites excluding steroid dienone is 1. The molecule has 0 fully saturated rings. The first-order valence-corrected chi connectivity index (χ1v) is 9.76. The second-order valence-corrected chi connectivity index (χ2v) is 8.00. The van der Waals surface area contributed by atoms with E-state index in [0.717, 1.165) is 38.5 Å². The van der Waals surface area contributed by atoms with Gasteiger partial charge >= 0.3 is 5.97 Å². The standard InChI is InChI=1S/C15H30NO4P/c1-3-5-7-9-10-13(15(17)18)12-21(19,20)14(16)11-8-6-4-2/h10,14H,3-9,11-12,16H2,1-2H3,(H,17,18)(H,19,20)/b13-10+. The van der Waals surface area contributed by atoms with Gasteiger partial charge in [-0.2, -0.15) is 0 Å². The number of aliphatic carboxylic acids is 1. The molecule has 21 heavy (non-hydrogen) atoms. The van der Waals surface area contributed by atoms with Crippen LogP contribution in [-0.4, -0.2) is 27.9 Å². The van der Waals surface area contributed by atoms with E-state index in [4.69, 9.17) is 10.8 Å². The highest BCUT2D eigenvalue weighted by molar-refractivity contribution is 7.59. The topological polar surface area (TPSA) is 101 Å². The second kappa shape index (κ2) is 11.0. The Balaban J connectivity index is 4.59. The zero-order valence-corrected chi connectivity index (χ0v) is 14.1. The van der Waals surface area contributed by atoms with E-state index in [2.05, 4.69) is 6.92 Å². The van der Waals surface area contributed by atoms with Crippen LogP contribution >= 0.6 is 7.37 Å². The van der Waals surface area contributed by atoms with Crippen LogP contribution in [0.1, 0.15) is 65.2 Å². The number of unbranched alkanes of at least 4 members (excludes halogenated alkanes) is 5. The van der Waals surface area contributed by atoms with Crippen LogP contribution in [0.25, 0.3) is 0 Å². The Morgan fingerprint density at radius 3 is 2.29 bits per heavy atom. The van der Waals surface area contributed by atoms with Gasteiger partial charge in [-0.15, -0.1) is 0 Å². The first-order valence-electron chi connectivity index (χ1n) is 7.84. The molecule has 0 aromatic rings. The maximum absolute atomic E-state index is 12.2. The lowest BCUT2D eigenvalue weighted by Gasteiger charge is -2.19. The number of hydrogen-bond donors (Lipinski definition) is 3. The van der Waals surface area contributed by atoms with Crippen LogP contribution in [0.3, 0.4) is 0 Å². The van der Waals surface area contributed by atoms with Crippen LogP contribution in [-0.2, 0) is 9.36 Å². The van der Waals surface area contributed by atoms with Crippen LogP contribution in [0.2, 0.25) is 0 Å². The minimum Gasteiger partial charge on any atom is -0.478 e. The van der Waals surface area contributed by atoms with E-state index in [1.165, 1.54) is 0 Å². The number of nitrogens with two attached hydrogens (primary N) is 1. The van der Waals surface area contributed by atoms with Crippen molar-refractivity contribution in [2.75, 3.05) is 6.16 Å². The summed E-state index contributed by atoms with van der Waals surface area (Å²) in [6, 6.07) is 0. The molecule has 0 aliphatic heterocycles. The van der Waals surface area contributed by atoms with Gasteiger partial charge in [-0.3, -0.25) is 4.57 Å². The van der Waals surface area contributed by atoms with Gasteiger partial charge in [0, 0.05) is 5.57 Å². The molecule has 5 nitrogen and oxygen atoms in total. The Morgan fingerprint density at radius 2 is 1.76 bits per heavy atom. The molecule has 0 saturated heterocycles. The van der Waals surface area contributed by atoms with E-state index in [0.29, 0.717) is 12.8 Å². The van der Waals surface area contributed by atoms with E-state index in [-0.39, 0.29) is 11.7 Å². The summed E-state index contributed by atoms with van der Waals surface area (Å²) in [7, 11) is -3.66. The van der Waals surface area contributed by atoms with Crippen molar-refractivity contribution >= 4 is 13.3 Å². The smallest absolute Gasteiger partial charge is 0.331 e. The molecule has 0 aliphatic rings. The average molecular weight is 319 g/mol. The van der Waals surface area contributed by atoms with Crippen molar-refractivity contribution in [3.63, 3.8) is 0 Å². The van der Waals surface area contributed by atoms with Gasteiger partial charge in [0.25, 0.3) is 0 Å². The third kappa shape index (κ3) is 9.07. The van der Waals surface area contributed by atoms with Gasteiger partial charge in [0.15, 0.2) is 0 Å². The summed E-state index contributed by atoms with van der Waals surface area (Å²) in [5.41, 5.74) is 5.80. The van der Waals surface area contributed by atoms with Crippen molar-refractivity contribution in [2.24, 2.45) is 5.73 Å². The summed E-state index contributed by atoms with van der Waals surface area (Å²) in [6.45, 7) is 4.12. The molecule has 0 aliphatic carbocycles. The van der Waals surface area contributed by atoms with Crippen molar-refractivity contribution in [3.8, 4) is 0 Å². The van der Waals surface area contributed by atoms with Gasteiger partial charge in [0.1, 0.15) is 0 Å². The third-order valence-corrected chi connectivity index (χ3v) is 5.58. The molecule has 0 aromatic heterocycles. The highest BCUT2D eigenvalue weighted by Gasteiger charge is 2.30. The fourth-order valence-electron chi connectivity index (χ4n) is 2.06. The zero-order chi connectivity index (χ0) is 16.3. The first-order chi connectivity index (χ1) is 9.85. The van der Waals surface area contributed by atoms with Crippen molar-refractivity contribution in [1.82, 2.24) is 0 Å². The lowest BCUT2D eigenvalue weighted by molar-refractivity contribution is -0.132. The van der Waals surface area contributed by atoms with Crippen molar-refractivity contribution in [1.29, 1.82) is 0 Å². The molecule has 6 heteroatoms. The maximum Gasteiger partial charge on any atom is 0.331 e. The molecule has 0 heterocycles. The van der Waals surface area contributed by atoms with E-state index < -0.39 is 19.1 Å². The lowest BCUT2D eigenvalue weighted by Crippen LogP contribution is -2.23. The molecule has 0 saturated carbocycles. The normalized spacial score (nSPS) is 16.5. The minimum absolute atomic E-state index is 0.0166. The molecule has 0 aromatic carbocycles. The number of rotatable bonds is 12. The quantitative estimate of drug-likeness (QED) is 0.289. The number of carbonyl (C=O) groups is 1. The lowest BCUT2D eigenvalue weighted by atomic mass is 10.1. The Morgan fingerprint density at radius 1 is 1.19 bits per heavy atom. The molecule has 124 valence electrons. The molecule has 0 bridgehead atoms. The van der Waals surface area contributed by atoms with Gasteiger partial charge in [0.05, 0.1) is 11.9 Å². The van der Waals surface area contributed by atoms with Crippen LogP contribution < -0.4 is 5.73 Å². The van der Waals surface area contributed by atoms with Gasteiger partial charge in [0.2, 0.25) is 7.37 Å². The summed E-state index contributed by atoms with van der Waals surface area (Å²) >= 11 is 0. The second-order valence-electron chi connectivity index (χ2n) is 5.51. The van der Waals surface area contributed by atoms with Crippen molar-refractivity contribution in [2.45, 2.75) is 71.0 Å². The fraction of sp³-hybridized carbons (Fsp3) is 0.800. The number of hydrogen-bond acceptors (Lipinski definition) is 3. The molecule has 2 unspecified atom stereocenters. The van der Waals surface area contributed by atoms with Gasteiger partial charge in [-0.1, -0.05) is 52.0 Å². The highest BCUT2D eigenvalue weighted by atomic mass is 31.2. The van der Waals surface area contributed by atoms with Crippen LogP contribution in [0.15, 0.2) is 11.6 Å². The van der Waals surface area contributed by atoms with Crippen LogP contribution in [0.5, 0.6) is 0 Å². The van der Waals surface area contributed by atoms with Gasteiger partial charge in [-0.05, 0) is 19.3 Å². The summed E-state index contributed by atoms with van der Waals surface area (Å²) in [5.74, 6) is -1.95. The summed E-state index contributed by atoms with van der Waals surface area (Å²) in [5, 5.41) is 9.15. The van der Waals surface area contributed by atoms with E-state index in [1.54, 1.807) is 6.08 Å². The molecule has 4 N–H and O–H groups in total. The molecule has 0 spiro atoms. The largest absolute Gasteiger partial charge is 0.478 e. The fourth-order valence-corrected chi connectivity index (χ4v) is 3.63. The van der Waals surface area contributed by atoms with E-state index in [9.17, 15) is 14.3 Å². The van der Waals surface area contributed by atoms with Crippen LogP contribution in [0.4, 0.5) is 0 Å². The number of carboxylic acids is 1. The Bertz CT molecular complexity index is 382. The molecular formula is C15H30NO4P. The Hall–Kier alpha value is -0.640. The van der Waals surface area contributed by atoms with Gasteiger partial charge < -0.3 is 15.7 Å². The monoisotopic (exact) mass is 319 g/mol. The summed E-state index contributed by atoms with van der Waals surface area (Å²) < 4.78 is 12.2. The Labute approximate surface area is 128 Å². The molecule has 0 amide bonds. The average Bonchev–Trinajstić information content (AvgIpc) is 2.42. The zero-order valence-electron chi connectivity index (χ0n) is 13.3. The molecular weight excluding hydrogens is 289 g/mol. The number of carboxylic acid groups (broad SMARTS) is 1. The minimum atomic E-state index is -3.66.